The fourth-order valence-corrected chi connectivity index (χ4v) is 3.58. The Labute approximate surface area is 128 Å². The predicted molar refractivity (Wildman–Crippen MR) is 82.6 cm³/mol. The van der Waals surface area contributed by atoms with Crippen LogP contribution < -0.4 is 5.32 Å². The summed E-state index contributed by atoms with van der Waals surface area (Å²) in [5.41, 5.74) is -0.512. The molecule has 1 unspecified atom stereocenters. The molecule has 1 N–H and O–H groups in total. The van der Waals surface area contributed by atoms with E-state index in [9.17, 15) is 13.2 Å². The summed E-state index contributed by atoms with van der Waals surface area (Å²) in [5.74, 6) is 0.421. The summed E-state index contributed by atoms with van der Waals surface area (Å²) in [6.45, 7) is 10.1. The van der Waals surface area contributed by atoms with Crippen molar-refractivity contribution in [2.75, 3.05) is 18.8 Å². The quantitative estimate of drug-likeness (QED) is 0.859. The summed E-state index contributed by atoms with van der Waals surface area (Å²) in [4.78, 5) is 11.7. The number of carbonyl (C=O) groups is 1. The maximum Gasteiger partial charge on any atom is 0.407 e. The van der Waals surface area contributed by atoms with Crippen LogP contribution in [-0.2, 0) is 14.8 Å². The third-order valence-corrected chi connectivity index (χ3v) is 5.59. The second-order valence-electron chi connectivity index (χ2n) is 6.57. The Morgan fingerprint density at radius 3 is 2.29 bits per heavy atom. The molecular weight excluding hydrogens is 292 g/mol. The predicted octanol–water partition coefficient (Wildman–Crippen LogP) is 1.96. The van der Waals surface area contributed by atoms with Gasteiger partial charge in [-0.1, -0.05) is 0 Å². The zero-order valence-electron chi connectivity index (χ0n) is 13.7. The minimum absolute atomic E-state index is 0.0219. The van der Waals surface area contributed by atoms with Gasteiger partial charge in [0.15, 0.2) is 0 Å². The highest BCUT2D eigenvalue weighted by atomic mass is 32.2. The first kappa shape index (κ1) is 18.2. The van der Waals surface area contributed by atoms with E-state index in [0.29, 0.717) is 13.1 Å². The fraction of sp³-hybridized carbons (Fsp3) is 0.929. The summed E-state index contributed by atoms with van der Waals surface area (Å²) in [7, 11) is -3.10. The molecule has 0 saturated carbocycles. The van der Waals surface area contributed by atoms with Crippen LogP contribution in [0.25, 0.3) is 0 Å². The molecule has 1 rings (SSSR count). The van der Waals surface area contributed by atoms with Crippen LogP contribution in [0.15, 0.2) is 0 Å². The highest BCUT2D eigenvalue weighted by Crippen LogP contribution is 2.23. The standard InChI is InChI=1S/C14H28N2O4S/c1-6-21(18,19)16-9-7-12(8-10-16)11(2)15-13(17)20-14(3,4)5/h11-12H,6-10H2,1-5H3,(H,15,17). The van der Waals surface area contributed by atoms with Crippen LogP contribution in [0, 0.1) is 5.92 Å². The molecule has 0 aromatic rings. The molecule has 6 nitrogen and oxygen atoms in total. The van der Waals surface area contributed by atoms with Gasteiger partial charge >= 0.3 is 6.09 Å². The summed E-state index contributed by atoms with van der Waals surface area (Å²) >= 11 is 0. The lowest BCUT2D eigenvalue weighted by Gasteiger charge is -2.34. The minimum Gasteiger partial charge on any atom is -0.444 e. The smallest absolute Gasteiger partial charge is 0.407 e. The van der Waals surface area contributed by atoms with Crippen LogP contribution in [0.2, 0.25) is 0 Å². The summed E-state index contributed by atoms with van der Waals surface area (Å²) in [6.07, 6.45) is 1.10. The first-order chi connectivity index (χ1) is 9.55. The van der Waals surface area contributed by atoms with Crippen molar-refractivity contribution in [1.29, 1.82) is 0 Å². The van der Waals surface area contributed by atoms with Gasteiger partial charge in [-0.05, 0) is 53.4 Å². The number of amides is 1. The lowest BCUT2D eigenvalue weighted by Crippen LogP contribution is -2.46. The third-order valence-electron chi connectivity index (χ3n) is 3.71. The number of nitrogens with one attached hydrogen (secondary N) is 1. The number of nitrogens with zero attached hydrogens (tertiary/aromatic N) is 1. The summed E-state index contributed by atoms with van der Waals surface area (Å²) < 4.78 is 30.4. The van der Waals surface area contributed by atoms with Crippen molar-refractivity contribution < 1.29 is 17.9 Å². The van der Waals surface area contributed by atoms with Gasteiger partial charge in [-0.25, -0.2) is 17.5 Å². The molecule has 21 heavy (non-hydrogen) atoms. The van der Waals surface area contributed by atoms with E-state index in [1.54, 1.807) is 11.2 Å². The Morgan fingerprint density at radius 2 is 1.86 bits per heavy atom. The number of hydrogen-bond donors (Lipinski definition) is 1. The topological polar surface area (TPSA) is 75.7 Å². The molecular formula is C14H28N2O4S. The Bertz CT molecular complexity index is 448. The van der Waals surface area contributed by atoms with Crippen LogP contribution in [-0.4, -0.2) is 49.3 Å². The van der Waals surface area contributed by atoms with Gasteiger partial charge < -0.3 is 10.1 Å². The molecule has 1 amide bonds. The third kappa shape index (κ3) is 5.82. The number of piperidine rings is 1. The molecule has 1 atom stereocenters. The van der Waals surface area contributed by atoms with E-state index < -0.39 is 21.7 Å². The van der Waals surface area contributed by atoms with Gasteiger partial charge in [0.25, 0.3) is 0 Å². The first-order valence-electron chi connectivity index (χ1n) is 7.52. The molecule has 0 aromatic carbocycles. The maximum atomic E-state index is 11.8. The zero-order valence-corrected chi connectivity index (χ0v) is 14.5. The minimum atomic E-state index is -3.10. The van der Waals surface area contributed by atoms with Crippen molar-refractivity contribution in [2.45, 2.75) is 59.1 Å². The number of alkyl carbamates (subject to hydrolysis) is 1. The summed E-state index contributed by atoms with van der Waals surface area (Å²) in [5, 5.41) is 2.84. The highest BCUT2D eigenvalue weighted by Gasteiger charge is 2.30. The average Bonchev–Trinajstić information content (AvgIpc) is 2.36. The highest BCUT2D eigenvalue weighted by molar-refractivity contribution is 7.89. The van der Waals surface area contributed by atoms with Crippen LogP contribution >= 0.6 is 0 Å². The molecule has 124 valence electrons. The van der Waals surface area contributed by atoms with Crippen LogP contribution in [0.5, 0.6) is 0 Å². The van der Waals surface area contributed by atoms with Crippen LogP contribution in [0.3, 0.4) is 0 Å². The van der Waals surface area contributed by atoms with Crippen LogP contribution in [0.4, 0.5) is 4.79 Å². The van der Waals surface area contributed by atoms with Crippen molar-refractivity contribution in [1.82, 2.24) is 9.62 Å². The average molecular weight is 320 g/mol. The molecule has 1 aliphatic rings. The van der Waals surface area contributed by atoms with Gasteiger partial charge in [-0.2, -0.15) is 0 Å². The maximum absolute atomic E-state index is 11.8. The Kier molecular flexibility index (Phi) is 6.04. The van der Waals surface area contributed by atoms with E-state index in [4.69, 9.17) is 4.74 Å². The molecule has 0 aromatic heterocycles. The van der Waals surface area contributed by atoms with E-state index in [1.165, 1.54) is 0 Å². The molecule has 1 fully saturated rings. The van der Waals surface area contributed by atoms with Crippen molar-refractivity contribution >= 4 is 16.1 Å². The van der Waals surface area contributed by atoms with E-state index in [1.807, 2.05) is 27.7 Å². The van der Waals surface area contributed by atoms with Crippen molar-refractivity contribution in [3.8, 4) is 0 Å². The molecule has 0 aliphatic carbocycles. The molecule has 7 heteroatoms. The fourth-order valence-electron chi connectivity index (χ4n) is 2.45. The Morgan fingerprint density at radius 1 is 1.33 bits per heavy atom. The monoisotopic (exact) mass is 320 g/mol. The molecule has 1 aliphatic heterocycles. The van der Waals surface area contributed by atoms with Gasteiger partial charge in [0, 0.05) is 19.1 Å². The SMILES string of the molecule is CCS(=O)(=O)N1CCC(C(C)NC(=O)OC(C)(C)C)CC1. The second kappa shape index (κ2) is 6.96. The molecule has 0 bridgehead atoms. The van der Waals surface area contributed by atoms with Crippen LogP contribution in [0.1, 0.15) is 47.5 Å². The van der Waals surface area contributed by atoms with Crippen molar-refractivity contribution in [2.24, 2.45) is 5.92 Å². The van der Waals surface area contributed by atoms with E-state index >= 15 is 0 Å². The number of sulfonamides is 1. The molecule has 0 radical (unpaired) electrons. The van der Waals surface area contributed by atoms with Crippen molar-refractivity contribution in [3.63, 3.8) is 0 Å². The zero-order chi connectivity index (χ0) is 16.3. The number of rotatable bonds is 4. The Balaban J connectivity index is 2.45. The normalized spacial score (nSPS) is 20.0. The van der Waals surface area contributed by atoms with E-state index in [-0.39, 0.29) is 17.7 Å². The number of carbonyl (C=O) groups excluding carboxylic acids is 1. The van der Waals surface area contributed by atoms with E-state index in [0.717, 1.165) is 12.8 Å². The van der Waals surface area contributed by atoms with Crippen molar-refractivity contribution in [3.05, 3.63) is 0 Å². The van der Waals surface area contributed by atoms with Gasteiger partial charge in [-0.15, -0.1) is 0 Å². The first-order valence-corrected chi connectivity index (χ1v) is 9.13. The van der Waals surface area contributed by atoms with Gasteiger partial charge in [-0.3, -0.25) is 0 Å². The molecule has 1 saturated heterocycles. The number of hydrogen-bond acceptors (Lipinski definition) is 4. The lowest BCUT2D eigenvalue weighted by atomic mass is 9.91. The van der Waals surface area contributed by atoms with Gasteiger partial charge in [0.2, 0.25) is 10.0 Å². The Hall–Kier alpha value is -0.820. The molecule has 1 heterocycles. The van der Waals surface area contributed by atoms with Gasteiger partial charge in [0.1, 0.15) is 5.60 Å². The summed E-state index contributed by atoms with van der Waals surface area (Å²) in [6, 6.07) is -0.0219. The second-order valence-corrected chi connectivity index (χ2v) is 8.83. The van der Waals surface area contributed by atoms with E-state index in [2.05, 4.69) is 5.32 Å². The number of ether oxygens (including phenoxy) is 1. The lowest BCUT2D eigenvalue weighted by molar-refractivity contribution is 0.0481. The molecule has 0 spiro atoms. The largest absolute Gasteiger partial charge is 0.444 e. The van der Waals surface area contributed by atoms with Gasteiger partial charge in [0.05, 0.1) is 5.75 Å².